The molecule has 1 unspecified atom stereocenters. The Morgan fingerprint density at radius 2 is 1.75 bits per heavy atom. The lowest BCUT2D eigenvalue weighted by molar-refractivity contribution is -0.134. The van der Waals surface area contributed by atoms with Crippen molar-refractivity contribution in [3.8, 4) is 22.6 Å². The van der Waals surface area contributed by atoms with Gasteiger partial charge in [-0.2, -0.15) is 20.1 Å². The second-order valence-electron chi connectivity index (χ2n) is 15.1. The molecule has 6 heterocycles. The van der Waals surface area contributed by atoms with Crippen LogP contribution in [0.15, 0.2) is 79.5 Å². The molecule has 3 fully saturated rings. The van der Waals surface area contributed by atoms with E-state index in [4.69, 9.17) is 15.6 Å². The van der Waals surface area contributed by atoms with Gasteiger partial charge in [0.05, 0.1) is 30.3 Å². The van der Waals surface area contributed by atoms with Crippen LogP contribution < -0.4 is 26.0 Å². The summed E-state index contributed by atoms with van der Waals surface area (Å²) in [5, 5.41) is 18.2. The molecule has 3 aliphatic rings. The summed E-state index contributed by atoms with van der Waals surface area (Å²) in [4.78, 5) is 47.3. The third-order valence-corrected chi connectivity index (χ3v) is 11.3. The molecule has 5 aromatic rings. The van der Waals surface area contributed by atoms with Crippen molar-refractivity contribution in [2.45, 2.75) is 63.6 Å². The van der Waals surface area contributed by atoms with Gasteiger partial charge in [-0.3, -0.25) is 24.4 Å². The summed E-state index contributed by atoms with van der Waals surface area (Å²) in [5.74, 6) is -0.259. The molecule has 4 N–H and O–H groups in total. The number of nitrogens with two attached hydrogens (primary N) is 1. The van der Waals surface area contributed by atoms with E-state index in [2.05, 4.69) is 46.5 Å². The Labute approximate surface area is 329 Å². The highest BCUT2D eigenvalue weighted by Gasteiger charge is 2.29. The van der Waals surface area contributed by atoms with Gasteiger partial charge in [0.15, 0.2) is 11.6 Å². The molecule has 0 bridgehead atoms. The number of imide groups is 1. The lowest BCUT2D eigenvalue weighted by Gasteiger charge is -2.38. The van der Waals surface area contributed by atoms with Crippen molar-refractivity contribution in [3.05, 3.63) is 96.5 Å². The van der Waals surface area contributed by atoms with Crippen LogP contribution in [0.3, 0.4) is 0 Å². The molecule has 0 aliphatic carbocycles. The first-order valence-corrected chi connectivity index (χ1v) is 19.5. The number of hydrogen-bond acceptors (Lipinski definition) is 11. The fourth-order valence-electron chi connectivity index (χ4n) is 8.04. The van der Waals surface area contributed by atoms with Crippen LogP contribution in [0.4, 0.5) is 15.9 Å². The summed E-state index contributed by atoms with van der Waals surface area (Å²) in [7, 11) is 0. The standard InChI is InChI=1S/C41H46FN11O4/c1-26(34-21-31(42)5-7-36(34)53-45-13-14-46-53)57-37-20-29(22-44-39(37)43)30-23-47-52(25-30)32-11-15-50(16-12-32)24-27-9-17-51(18-10-27)33-4-2-3-28(19-33)40(55)48-35-6-8-38(54)49-41(35)56/h2-5,7,13-14,19-23,25-27,32,35H,6,8-12,15-18,24H2,1H3,(H2,43,44)(H,48,55)(H,49,54,56)/t26-,35?/m1/s1. The Morgan fingerprint density at radius 3 is 2.53 bits per heavy atom. The van der Waals surface area contributed by atoms with Gasteiger partial charge < -0.3 is 25.6 Å². The first kappa shape index (κ1) is 37.7. The minimum atomic E-state index is -0.703. The first-order chi connectivity index (χ1) is 27.7. The summed E-state index contributed by atoms with van der Waals surface area (Å²) in [6, 6.07) is 13.4. The maximum Gasteiger partial charge on any atom is 0.252 e. The van der Waals surface area contributed by atoms with Crippen LogP contribution in [0.25, 0.3) is 16.8 Å². The number of aromatic nitrogens is 6. The molecule has 2 atom stereocenters. The summed E-state index contributed by atoms with van der Waals surface area (Å²) in [6.45, 7) is 6.71. The number of amides is 3. The zero-order valence-electron chi connectivity index (χ0n) is 31.8. The number of carbonyl (C=O) groups is 3. The van der Waals surface area contributed by atoms with E-state index >= 15 is 0 Å². The number of nitrogens with zero attached hydrogens (tertiary/aromatic N) is 8. The van der Waals surface area contributed by atoms with Crippen molar-refractivity contribution in [2.75, 3.05) is 43.4 Å². The van der Waals surface area contributed by atoms with Crippen molar-refractivity contribution in [1.29, 1.82) is 0 Å². The van der Waals surface area contributed by atoms with Crippen LogP contribution in [0.1, 0.15) is 73.5 Å². The number of halogens is 1. The van der Waals surface area contributed by atoms with Crippen molar-refractivity contribution >= 4 is 29.2 Å². The number of benzene rings is 2. The molecule has 16 heteroatoms. The number of ether oxygens (including phenoxy) is 1. The predicted molar refractivity (Wildman–Crippen MR) is 210 cm³/mol. The molecule has 3 amide bonds. The number of hydrogen-bond donors (Lipinski definition) is 3. The third-order valence-electron chi connectivity index (χ3n) is 11.3. The highest BCUT2D eigenvalue weighted by Crippen LogP contribution is 2.34. The van der Waals surface area contributed by atoms with Gasteiger partial charge in [-0.15, -0.1) is 0 Å². The SMILES string of the molecule is C[C@@H](Oc1cc(-c2cnn(C3CCN(CC4CCN(c5cccc(C(=O)NC6CCC(=O)NC6=O)c5)CC4)CC3)c2)cnc1N)c1cc(F)ccc1-n1nccn1. The van der Waals surface area contributed by atoms with Crippen molar-refractivity contribution in [2.24, 2.45) is 5.92 Å². The van der Waals surface area contributed by atoms with Gasteiger partial charge >= 0.3 is 0 Å². The van der Waals surface area contributed by atoms with E-state index < -0.39 is 23.9 Å². The smallest absolute Gasteiger partial charge is 0.252 e. The zero-order valence-corrected chi connectivity index (χ0v) is 31.8. The second-order valence-corrected chi connectivity index (χ2v) is 15.1. The zero-order chi connectivity index (χ0) is 39.5. The van der Waals surface area contributed by atoms with Crippen LogP contribution in [-0.2, 0) is 9.59 Å². The predicted octanol–water partition coefficient (Wildman–Crippen LogP) is 4.48. The topological polar surface area (TPSA) is 178 Å². The molecule has 2 aromatic carbocycles. The summed E-state index contributed by atoms with van der Waals surface area (Å²) in [5.41, 5.74) is 10.6. The van der Waals surface area contributed by atoms with Crippen molar-refractivity contribution in [1.82, 2.24) is 45.3 Å². The number of carbonyl (C=O) groups excluding carboxylic acids is 3. The van der Waals surface area contributed by atoms with Crippen LogP contribution >= 0.6 is 0 Å². The van der Waals surface area contributed by atoms with E-state index in [1.54, 1.807) is 30.7 Å². The van der Waals surface area contributed by atoms with Crippen molar-refractivity contribution in [3.63, 3.8) is 0 Å². The fourth-order valence-corrected chi connectivity index (χ4v) is 8.04. The van der Waals surface area contributed by atoms with E-state index in [0.717, 1.165) is 75.2 Å². The molecular formula is C41H46FN11O4. The van der Waals surface area contributed by atoms with Gasteiger partial charge in [-0.25, -0.2) is 9.37 Å². The normalized spacial score (nSPS) is 19.0. The minimum Gasteiger partial charge on any atom is -0.482 e. The molecule has 3 aliphatic heterocycles. The Hall–Kier alpha value is -6.16. The molecule has 15 nitrogen and oxygen atoms in total. The van der Waals surface area contributed by atoms with E-state index in [1.807, 2.05) is 37.4 Å². The minimum absolute atomic E-state index is 0.215. The molecule has 3 saturated heterocycles. The molecule has 3 aromatic heterocycles. The average Bonchev–Trinajstić information content (AvgIpc) is 3.95. The quantitative estimate of drug-likeness (QED) is 0.161. The van der Waals surface area contributed by atoms with E-state index in [-0.39, 0.29) is 30.1 Å². The molecule has 296 valence electrons. The number of likely N-dealkylation sites (tertiary alicyclic amines) is 1. The van der Waals surface area contributed by atoms with Crippen molar-refractivity contribution < 1.29 is 23.5 Å². The maximum atomic E-state index is 14.3. The van der Waals surface area contributed by atoms with Crippen LogP contribution in [-0.4, -0.2) is 91.1 Å². The number of nitrogens with one attached hydrogen (secondary N) is 2. The Balaban J connectivity index is 0.818. The highest BCUT2D eigenvalue weighted by atomic mass is 19.1. The summed E-state index contributed by atoms with van der Waals surface area (Å²) in [6.07, 6.45) is 12.8. The van der Waals surface area contributed by atoms with E-state index in [9.17, 15) is 18.8 Å². The number of piperidine rings is 3. The third kappa shape index (κ3) is 8.65. The summed E-state index contributed by atoms with van der Waals surface area (Å²) >= 11 is 0. The largest absolute Gasteiger partial charge is 0.482 e. The number of rotatable bonds is 11. The fraction of sp³-hybridized carbons (Fsp3) is 0.390. The second kappa shape index (κ2) is 16.5. The molecule has 57 heavy (non-hydrogen) atoms. The summed E-state index contributed by atoms with van der Waals surface area (Å²) < 4.78 is 22.6. The lowest BCUT2D eigenvalue weighted by Crippen LogP contribution is -2.52. The van der Waals surface area contributed by atoms with Gasteiger partial charge in [-0.1, -0.05) is 6.07 Å². The van der Waals surface area contributed by atoms with Crippen LogP contribution in [0.2, 0.25) is 0 Å². The molecule has 0 spiro atoms. The first-order valence-electron chi connectivity index (χ1n) is 19.5. The molecule has 8 rings (SSSR count). The number of nitrogen functional groups attached to an aromatic ring is 1. The van der Waals surface area contributed by atoms with Gasteiger partial charge in [0.2, 0.25) is 11.8 Å². The van der Waals surface area contributed by atoms with Gasteiger partial charge in [0.25, 0.3) is 5.91 Å². The monoisotopic (exact) mass is 775 g/mol. The van der Waals surface area contributed by atoms with E-state index in [0.29, 0.717) is 34.9 Å². The highest BCUT2D eigenvalue weighted by molar-refractivity contribution is 6.04. The number of pyridine rings is 1. The average molecular weight is 776 g/mol. The van der Waals surface area contributed by atoms with Crippen LogP contribution in [0.5, 0.6) is 5.75 Å². The Bertz CT molecular complexity index is 2230. The molecule has 0 radical (unpaired) electrons. The van der Waals surface area contributed by atoms with Gasteiger partial charge in [0.1, 0.15) is 18.0 Å². The Kier molecular flexibility index (Phi) is 10.9. The van der Waals surface area contributed by atoms with Gasteiger partial charge in [0, 0.05) is 79.5 Å². The van der Waals surface area contributed by atoms with Crippen LogP contribution in [0, 0.1) is 11.7 Å². The Morgan fingerprint density at radius 1 is 0.965 bits per heavy atom. The molecular weight excluding hydrogens is 730 g/mol. The van der Waals surface area contributed by atoms with Gasteiger partial charge in [-0.05, 0) is 87.4 Å². The lowest BCUT2D eigenvalue weighted by atomic mass is 9.94. The molecule has 0 saturated carbocycles. The van der Waals surface area contributed by atoms with E-state index in [1.165, 1.54) is 16.9 Å². The maximum absolute atomic E-state index is 14.3. The number of anilines is 2.